The van der Waals surface area contributed by atoms with Crippen LogP contribution in [0.2, 0.25) is 0 Å². The Morgan fingerprint density at radius 2 is 2.02 bits per heavy atom. The number of carbonyl (C=O) groups is 2. The van der Waals surface area contributed by atoms with Crippen LogP contribution in [0.3, 0.4) is 0 Å². The molecule has 3 aliphatic heterocycles. The summed E-state index contributed by atoms with van der Waals surface area (Å²) in [6.45, 7) is 3.14. The van der Waals surface area contributed by atoms with Gasteiger partial charge in [-0.05, 0) is 37.5 Å². The van der Waals surface area contributed by atoms with Crippen LogP contribution in [0.5, 0.6) is 5.75 Å². The number of hydrogen-bond acceptors (Lipinski definition) is 8. The molecule has 2 atom stereocenters. The third-order valence-electron chi connectivity index (χ3n) is 7.84. The van der Waals surface area contributed by atoms with E-state index in [1.807, 2.05) is 6.20 Å². The van der Waals surface area contributed by atoms with Gasteiger partial charge in [0.25, 0.3) is 0 Å². The van der Waals surface area contributed by atoms with Crippen LogP contribution >= 0.6 is 0 Å². The number of carbonyl (C=O) groups excluding carboxylic acids is 2. The number of alkyl halides is 3. The van der Waals surface area contributed by atoms with Gasteiger partial charge in [-0.15, -0.1) is 5.01 Å². The fourth-order valence-corrected chi connectivity index (χ4v) is 6.00. The second-order valence-electron chi connectivity index (χ2n) is 10.7. The number of imidazole rings is 1. The molecule has 13 heteroatoms. The second kappa shape index (κ2) is 12.4. The number of rotatable bonds is 9. The minimum absolute atomic E-state index is 0.126. The van der Waals surface area contributed by atoms with E-state index in [1.165, 1.54) is 0 Å². The number of amides is 1. The molecular formula is C28H37F3N5O5+. The number of morpholine rings is 1. The van der Waals surface area contributed by atoms with Crippen LogP contribution in [0, 0.1) is 5.92 Å². The number of anilines is 1. The van der Waals surface area contributed by atoms with Gasteiger partial charge in [-0.3, -0.25) is 4.79 Å². The molecular weight excluding hydrogens is 543 g/mol. The van der Waals surface area contributed by atoms with Gasteiger partial charge in [0.2, 0.25) is 12.5 Å². The van der Waals surface area contributed by atoms with Crippen LogP contribution in [-0.4, -0.2) is 89.8 Å². The molecule has 1 fully saturated rings. The van der Waals surface area contributed by atoms with Crippen molar-refractivity contribution in [2.45, 2.75) is 51.9 Å². The van der Waals surface area contributed by atoms with Crippen molar-refractivity contribution >= 4 is 17.8 Å². The Morgan fingerprint density at radius 3 is 2.76 bits per heavy atom. The lowest BCUT2D eigenvalue weighted by atomic mass is 9.94. The molecule has 0 bridgehead atoms. The Morgan fingerprint density at radius 1 is 1.22 bits per heavy atom. The normalized spacial score (nSPS) is 23.2. The molecule has 1 saturated heterocycles. The molecule has 0 saturated carbocycles. The zero-order valence-electron chi connectivity index (χ0n) is 23.3. The molecule has 1 N–H and O–H groups in total. The molecule has 224 valence electrons. The molecule has 1 aromatic heterocycles. The van der Waals surface area contributed by atoms with Gasteiger partial charge < -0.3 is 24.1 Å². The monoisotopic (exact) mass is 580 g/mol. The van der Waals surface area contributed by atoms with Crippen molar-refractivity contribution in [3.05, 3.63) is 41.2 Å². The fourth-order valence-electron chi connectivity index (χ4n) is 6.00. The maximum atomic E-state index is 14.2. The standard InChI is InChI=1S/C28H37F3N5O5/c1-2-40-25(37)16-21-14-20-4-5-24(41-11-6-23-17-34-8-3-7-32-27(34)33-23)15-22(20)18-36(26(21)38,19-28(29,30)31)35-9-12-39-13-10-35/h4-5,15,17,21H,2-3,6-14,16,18-19H2,1H3,(H,32,33)/q+1. The van der Waals surface area contributed by atoms with Crippen LogP contribution in [0.15, 0.2) is 24.4 Å². The average molecular weight is 581 g/mol. The van der Waals surface area contributed by atoms with Gasteiger partial charge in [-0.1, -0.05) is 6.07 Å². The van der Waals surface area contributed by atoms with E-state index in [0.29, 0.717) is 24.3 Å². The number of hydrogen-bond donors (Lipinski definition) is 1. The van der Waals surface area contributed by atoms with Gasteiger partial charge in [0.15, 0.2) is 0 Å². The number of nitrogens with one attached hydrogen (secondary N) is 1. The lowest BCUT2D eigenvalue weighted by Gasteiger charge is -2.45. The number of nitrogens with zero attached hydrogens (tertiary/aromatic N) is 4. The number of esters is 1. The molecule has 2 unspecified atom stereocenters. The summed E-state index contributed by atoms with van der Waals surface area (Å²) in [5.41, 5.74) is 2.22. The molecule has 2 aromatic rings. The molecule has 0 radical (unpaired) electrons. The first-order valence-corrected chi connectivity index (χ1v) is 14.2. The van der Waals surface area contributed by atoms with Crippen molar-refractivity contribution < 1.29 is 41.6 Å². The highest BCUT2D eigenvalue weighted by Gasteiger charge is 2.56. The first-order valence-electron chi connectivity index (χ1n) is 14.2. The van der Waals surface area contributed by atoms with Gasteiger partial charge in [0, 0.05) is 31.3 Å². The number of ether oxygens (including phenoxy) is 3. The van der Waals surface area contributed by atoms with Crippen LogP contribution < -0.4 is 10.1 Å². The van der Waals surface area contributed by atoms with Crippen molar-refractivity contribution in [1.29, 1.82) is 0 Å². The summed E-state index contributed by atoms with van der Waals surface area (Å²) in [4.78, 5) is 31.1. The highest BCUT2D eigenvalue weighted by Crippen LogP contribution is 2.37. The van der Waals surface area contributed by atoms with Gasteiger partial charge in [-0.25, -0.2) is 9.78 Å². The number of aryl methyl sites for hydroxylation is 1. The topological polar surface area (TPSA) is 94.9 Å². The quantitative estimate of drug-likeness (QED) is 0.357. The average Bonchev–Trinajstić information content (AvgIpc) is 3.31. The van der Waals surface area contributed by atoms with Gasteiger partial charge >= 0.3 is 18.1 Å². The minimum Gasteiger partial charge on any atom is -0.493 e. The van der Waals surface area contributed by atoms with Gasteiger partial charge in [-0.2, -0.15) is 17.8 Å². The highest BCUT2D eigenvalue weighted by atomic mass is 19.4. The van der Waals surface area contributed by atoms with E-state index < -0.39 is 35.1 Å². The molecule has 4 heterocycles. The third-order valence-corrected chi connectivity index (χ3v) is 7.84. The second-order valence-corrected chi connectivity index (χ2v) is 10.7. The van der Waals surface area contributed by atoms with Crippen molar-refractivity contribution in [1.82, 2.24) is 14.6 Å². The summed E-state index contributed by atoms with van der Waals surface area (Å²) < 4.78 is 60.1. The van der Waals surface area contributed by atoms with E-state index in [9.17, 15) is 22.8 Å². The predicted molar refractivity (Wildman–Crippen MR) is 142 cm³/mol. The lowest BCUT2D eigenvalue weighted by Crippen LogP contribution is -2.69. The Labute approximate surface area is 236 Å². The van der Waals surface area contributed by atoms with Crippen LogP contribution in [0.4, 0.5) is 19.1 Å². The third kappa shape index (κ3) is 6.84. The van der Waals surface area contributed by atoms with Crippen molar-refractivity contribution in [2.24, 2.45) is 5.92 Å². The SMILES string of the molecule is CCOC(=O)CC1Cc2ccc(OCCc3cn4c(n3)NCCC4)cc2C[N+](CC(F)(F)F)(N2CCOCC2)C1=O. The smallest absolute Gasteiger partial charge is 0.440 e. The summed E-state index contributed by atoms with van der Waals surface area (Å²) in [7, 11) is 0. The van der Waals surface area contributed by atoms with Crippen molar-refractivity contribution in [2.75, 3.05) is 57.9 Å². The summed E-state index contributed by atoms with van der Waals surface area (Å²) in [5.74, 6) is -0.840. The Kier molecular flexibility index (Phi) is 8.85. The van der Waals surface area contributed by atoms with Gasteiger partial charge in [0.05, 0.1) is 57.5 Å². The number of benzene rings is 1. The van der Waals surface area contributed by atoms with Crippen LogP contribution in [0.1, 0.15) is 36.6 Å². The van der Waals surface area contributed by atoms with Crippen molar-refractivity contribution in [3.63, 3.8) is 0 Å². The zero-order chi connectivity index (χ0) is 29.0. The first kappa shape index (κ1) is 29.3. The van der Waals surface area contributed by atoms with E-state index in [0.717, 1.165) is 36.7 Å². The molecule has 10 nitrogen and oxygen atoms in total. The maximum absolute atomic E-state index is 14.2. The number of halogens is 3. The summed E-state index contributed by atoms with van der Waals surface area (Å²) in [6, 6.07) is 5.30. The Balaban J connectivity index is 1.42. The van der Waals surface area contributed by atoms with E-state index >= 15 is 0 Å². The summed E-state index contributed by atoms with van der Waals surface area (Å²) >= 11 is 0. The first-order chi connectivity index (χ1) is 19.7. The van der Waals surface area contributed by atoms with E-state index in [4.69, 9.17) is 14.2 Å². The van der Waals surface area contributed by atoms with E-state index in [-0.39, 0.29) is 52.3 Å². The molecule has 5 rings (SSSR count). The molecule has 1 amide bonds. The maximum Gasteiger partial charge on any atom is 0.440 e. The number of quaternary nitrogens is 1. The van der Waals surface area contributed by atoms with Crippen LogP contribution in [0.25, 0.3) is 0 Å². The molecule has 41 heavy (non-hydrogen) atoms. The summed E-state index contributed by atoms with van der Waals surface area (Å²) in [5, 5.41) is 4.82. The Bertz CT molecular complexity index is 1220. The number of fused-ring (bicyclic) bond motifs is 2. The summed E-state index contributed by atoms with van der Waals surface area (Å²) in [6.07, 6.45) is -1.15. The zero-order valence-corrected chi connectivity index (χ0v) is 23.3. The largest absolute Gasteiger partial charge is 0.493 e. The van der Waals surface area contributed by atoms with Crippen LogP contribution in [-0.2, 0) is 45.0 Å². The molecule has 1 aromatic carbocycles. The van der Waals surface area contributed by atoms with Gasteiger partial charge in [0.1, 0.15) is 12.3 Å². The fraction of sp³-hybridized carbons (Fsp3) is 0.607. The Hall–Kier alpha value is -3.16. The van der Waals surface area contributed by atoms with E-state index in [2.05, 4.69) is 14.9 Å². The van der Waals surface area contributed by atoms with Crippen molar-refractivity contribution in [3.8, 4) is 5.75 Å². The predicted octanol–water partition coefficient (Wildman–Crippen LogP) is 3.10. The number of aromatic nitrogens is 2. The molecule has 3 aliphatic rings. The highest BCUT2D eigenvalue weighted by molar-refractivity contribution is 5.80. The molecule has 0 aliphatic carbocycles. The van der Waals surface area contributed by atoms with E-state index in [1.54, 1.807) is 30.1 Å². The minimum atomic E-state index is -4.63. The molecule has 0 spiro atoms. The lowest BCUT2D eigenvalue weighted by molar-refractivity contribution is -0.990.